The molecule has 116 valence electrons. The van der Waals surface area contributed by atoms with Crippen LogP contribution in [0.25, 0.3) is 22.0 Å². The number of aromatic nitrogens is 4. The van der Waals surface area contributed by atoms with Crippen LogP contribution in [0.5, 0.6) is 0 Å². The third-order valence-electron chi connectivity index (χ3n) is 4.59. The first-order valence-corrected chi connectivity index (χ1v) is 7.97. The molecule has 4 rings (SSSR count). The first-order valence-electron chi connectivity index (χ1n) is 7.97. The molecule has 2 heterocycles. The van der Waals surface area contributed by atoms with Crippen LogP contribution >= 0.6 is 0 Å². The first kappa shape index (κ1) is 14.1. The third kappa shape index (κ3) is 2.74. The smallest absolute Gasteiger partial charge is 0.141 e. The van der Waals surface area contributed by atoms with E-state index in [1.807, 2.05) is 37.6 Å². The lowest BCUT2D eigenvalue weighted by molar-refractivity contribution is -0.124. The summed E-state index contributed by atoms with van der Waals surface area (Å²) in [4.78, 5) is 16.6. The van der Waals surface area contributed by atoms with E-state index in [-0.39, 0.29) is 5.92 Å². The highest BCUT2D eigenvalue weighted by atomic mass is 16.1. The van der Waals surface area contributed by atoms with E-state index < -0.39 is 0 Å². The molecule has 1 fully saturated rings. The number of benzene rings is 1. The molecule has 2 aromatic heterocycles. The van der Waals surface area contributed by atoms with Crippen LogP contribution in [0.3, 0.4) is 0 Å². The van der Waals surface area contributed by atoms with Gasteiger partial charge in [0.15, 0.2) is 0 Å². The summed E-state index contributed by atoms with van der Waals surface area (Å²) in [6.07, 6.45) is 7.45. The largest absolute Gasteiger partial charge is 0.299 e. The number of rotatable bonds is 4. The molecule has 0 saturated heterocycles. The van der Waals surface area contributed by atoms with Crippen molar-refractivity contribution < 1.29 is 4.79 Å². The van der Waals surface area contributed by atoms with E-state index in [4.69, 9.17) is 0 Å². The Morgan fingerprint density at radius 2 is 2.13 bits per heavy atom. The lowest BCUT2D eigenvalue weighted by atomic mass is 9.81. The number of ketones is 1. The molecule has 5 heteroatoms. The summed E-state index contributed by atoms with van der Waals surface area (Å²) >= 11 is 0. The Kier molecular flexibility index (Phi) is 3.41. The Morgan fingerprint density at radius 3 is 2.83 bits per heavy atom. The highest BCUT2D eigenvalue weighted by Gasteiger charge is 2.25. The second kappa shape index (κ2) is 5.57. The van der Waals surface area contributed by atoms with Crippen molar-refractivity contribution >= 4 is 16.6 Å². The van der Waals surface area contributed by atoms with Crippen molar-refractivity contribution in [3.63, 3.8) is 0 Å². The van der Waals surface area contributed by atoms with Crippen LogP contribution in [-0.4, -0.2) is 25.8 Å². The van der Waals surface area contributed by atoms with Gasteiger partial charge in [-0.05, 0) is 30.4 Å². The fourth-order valence-electron chi connectivity index (χ4n) is 2.98. The van der Waals surface area contributed by atoms with Crippen LogP contribution in [0, 0.1) is 5.92 Å². The van der Waals surface area contributed by atoms with Gasteiger partial charge in [-0.15, -0.1) is 5.10 Å². The van der Waals surface area contributed by atoms with Gasteiger partial charge in [-0.2, -0.15) is 0 Å². The highest BCUT2D eigenvalue weighted by Crippen LogP contribution is 2.28. The number of hydrogen-bond acceptors (Lipinski definition) is 4. The van der Waals surface area contributed by atoms with E-state index in [0.29, 0.717) is 12.2 Å². The predicted octanol–water partition coefficient (Wildman–Crippen LogP) is 2.94. The van der Waals surface area contributed by atoms with Crippen LogP contribution in [0.1, 0.15) is 25.0 Å². The van der Waals surface area contributed by atoms with E-state index >= 15 is 0 Å². The van der Waals surface area contributed by atoms with Crippen molar-refractivity contribution in [1.82, 2.24) is 20.0 Å². The van der Waals surface area contributed by atoms with Gasteiger partial charge < -0.3 is 0 Å². The zero-order valence-electron chi connectivity index (χ0n) is 13.1. The molecule has 0 unspecified atom stereocenters. The summed E-state index contributed by atoms with van der Waals surface area (Å²) in [5.74, 6) is 0.589. The number of carbonyl (C=O) groups excluding carboxylic acids is 1. The van der Waals surface area contributed by atoms with Gasteiger partial charge in [0.05, 0.1) is 6.20 Å². The van der Waals surface area contributed by atoms with Gasteiger partial charge in [0.2, 0.25) is 0 Å². The van der Waals surface area contributed by atoms with Crippen molar-refractivity contribution in [2.45, 2.75) is 25.7 Å². The van der Waals surface area contributed by atoms with Crippen LogP contribution in [0.2, 0.25) is 0 Å². The van der Waals surface area contributed by atoms with Crippen molar-refractivity contribution in [3.05, 3.63) is 42.4 Å². The topological polar surface area (TPSA) is 60.7 Å². The predicted molar refractivity (Wildman–Crippen MR) is 87.8 cm³/mol. The standard InChI is InChI=1S/C18H18N4O/c1-22-11-17(20-21-22)13-5-6-14-10-19-16(8-15(14)7-13)9-18(23)12-3-2-4-12/h5-8,10-12H,2-4,9H2,1H3. The summed E-state index contributed by atoms with van der Waals surface area (Å²) < 4.78 is 1.69. The molecule has 1 saturated carbocycles. The number of Topliss-reactive ketones (excluding diaryl/α,β-unsaturated/α-hetero) is 1. The molecule has 0 spiro atoms. The van der Waals surface area contributed by atoms with E-state index in [0.717, 1.165) is 40.6 Å². The SMILES string of the molecule is Cn1cc(-c2ccc3cnc(CC(=O)C4CCC4)cc3c2)nn1. The normalized spacial score (nSPS) is 14.8. The molecule has 1 aromatic carbocycles. The van der Waals surface area contributed by atoms with Crippen molar-refractivity contribution in [2.24, 2.45) is 13.0 Å². The molecule has 0 N–H and O–H groups in total. The minimum Gasteiger partial charge on any atom is -0.299 e. The monoisotopic (exact) mass is 306 g/mol. The van der Waals surface area contributed by atoms with Gasteiger partial charge in [0.25, 0.3) is 0 Å². The molecule has 3 aromatic rings. The van der Waals surface area contributed by atoms with Gasteiger partial charge >= 0.3 is 0 Å². The number of pyridine rings is 1. The Hall–Kier alpha value is -2.56. The molecule has 0 atom stereocenters. The Morgan fingerprint density at radius 1 is 1.26 bits per heavy atom. The maximum Gasteiger partial charge on any atom is 0.141 e. The number of fused-ring (bicyclic) bond motifs is 1. The van der Waals surface area contributed by atoms with Gasteiger partial charge in [0, 0.05) is 42.2 Å². The van der Waals surface area contributed by atoms with Crippen molar-refractivity contribution in [1.29, 1.82) is 0 Å². The first-order chi connectivity index (χ1) is 11.2. The average Bonchev–Trinajstić information content (AvgIpc) is 2.91. The minimum absolute atomic E-state index is 0.262. The summed E-state index contributed by atoms with van der Waals surface area (Å²) in [7, 11) is 1.85. The zero-order valence-corrected chi connectivity index (χ0v) is 13.1. The molecule has 5 nitrogen and oxygen atoms in total. The van der Waals surface area contributed by atoms with Crippen LogP contribution in [-0.2, 0) is 18.3 Å². The van der Waals surface area contributed by atoms with Crippen LogP contribution in [0.15, 0.2) is 36.7 Å². The van der Waals surface area contributed by atoms with Gasteiger partial charge in [0.1, 0.15) is 11.5 Å². The minimum atomic E-state index is 0.262. The molecule has 0 bridgehead atoms. The average molecular weight is 306 g/mol. The summed E-state index contributed by atoms with van der Waals surface area (Å²) in [5.41, 5.74) is 2.72. The molecule has 0 radical (unpaired) electrons. The summed E-state index contributed by atoms with van der Waals surface area (Å²) in [6, 6.07) is 8.15. The van der Waals surface area contributed by atoms with Gasteiger partial charge in [-0.3, -0.25) is 14.5 Å². The molecule has 1 aliphatic rings. The van der Waals surface area contributed by atoms with E-state index in [9.17, 15) is 4.79 Å². The van der Waals surface area contributed by atoms with Crippen LogP contribution < -0.4 is 0 Å². The summed E-state index contributed by atoms with van der Waals surface area (Å²) in [6.45, 7) is 0. The third-order valence-corrected chi connectivity index (χ3v) is 4.59. The Balaban J connectivity index is 1.65. The number of hydrogen-bond donors (Lipinski definition) is 0. The molecule has 0 amide bonds. The molecular weight excluding hydrogens is 288 g/mol. The molecule has 23 heavy (non-hydrogen) atoms. The second-order valence-corrected chi connectivity index (χ2v) is 6.29. The maximum absolute atomic E-state index is 12.2. The Bertz CT molecular complexity index is 880. The number of aryl methyl sites for hydroxylation is 1. The molecule has 0 aliphatic heterocycles. The highest BCUT2D eigenvalue weighted by molar-refractivity contribution is 5.88. The summed E-state index contributed by atoms with van der Waals surface area (Å²) in [5, 5.41) is 10.3. The van der Waals surface area contributed by atoms with E-state index in [2.05, 4.69) is 21.4 Å². The van der Waals surface area contributed by atoms with E-state index in [1.165, 1.54) is 6.42 Å². The van der Waals surface area contributed by atoms with Crippen molar-refractivity contribution in [2.75, 3.05) is 0 Å². The number of nitrogens with zero attached hydrogens (tertiary/aromatic N) is 4. The maximum atomic E-state index is 12.2. The van der Waals surface area contributed by atoms with Crippen molar-refractivity contribution in [3.8, 4) is 11.3 Å². The molecule has 1 aliphatic carbocycles. The fraction of sp³-hybridized carbons (Fsp3) is 0.333. The fourth-order valence-corrected chi connectivity index (χ4v) is 2.98. The lowest BCUT2D eigenvalue weighted by Gasteiger charge is -2.23. The molecular formula is C18H18N4O. The quantitative estimate of drug-likeness (QED) is 0.743. The lowest BCUT2D eigenvalue weighted by Crippen LogP contribution is -2.23. The Labute approximate surface area is 134 Å². The zero-order chi connectivity index (χ0) is 15.8. The van der Waals surface area contributed by atoms with E-state index in [1.54, 1.807) is 4.68 Å². The van der Waals surface area contributed by atoms with Gasteiger partial charge in [-0.1, -0.05) is 23.8 Å². The van der Waals surface area contributed by atoms with Crippen LogP contribution in [0.4, 0.5) is 0 Å². The number of carbonyl (C=O) groups is 1. The van der Waals surface area contributed by atoms with Gasteiger partial charge in [-0.25, -0.2) is 0 Å². The second-order valence-electron chi connectivity index (χ2n) is 6.29.